The van der Waals surface area contributed by atoms with E-state index in [1.54, 1.807) is 12.1 Å². The van der Waals surface area contributed by atoms with E-state index in [1.807, 2.05) is 49.4 Å². The number of rotatable bonds is 5. The summed E-state index contributed by atoms with van der Waals surface area (Å²) in [5.41, 5.74) is 1.84. The molecule has 0 atom stereocenters. The molecule has 0 aliphatic rings. The van der Waals surface area contributed by atoms with Crippen molar-refractivity contribution in [3.63, 3.8) is 0 Å². The standard InChI is InChI=1S/C16H16N2O3S/c1-12-10-14-8-5-9-15(16(14)21-12)18-22(19,20)17-11-13-6-3-2-4-7-13/h2-10,17-18H,11H2,1H3. The van der Waals surface area contributed by atoms with Gasteiger partial charge in [0.1, 0.15) is 5.76 Å². The van der Waals surface area contributed by atoms with Crippen molar-refractivity contribution in [1.29, 1.82) is 0 Å². The molecule has 0 saturated carbocycles. The Hall–Kier alpha value is -2.31. The largest absolute Gasteiger partial charge is 0.459 e. The third kappa shape index (κ3) is 3.29. The molecule has 0 saturated heterocycles. The molecule has 3 rings (SSSR count). The quantitative estimate of drug-likeness (QED) is 0.759. The number of fused-ring (bicyclic) bond motifs is 1. The van der Waals surface area contributed by atoms with Crippen molar-refractivity contribution in [2.75, 3.05) is 4.72 Å². The van der Waals surface area contributed by atoms with E-state index in [1.165, 1.54) is 0 Å². The van der Waals surface area contributed by atoms with E-state index in [9.17, 15) is 8.42 Å². The minimum Gasteiger partial charge on any atom is -0.459 e. The zero-order chi connectivity index (χ0) is 15.6. The summed E-state index contributed by atoms with van der Waals surface area (Å²) in [6, 6.07) is 16.5. The Morgan fingerprint density at radius 3 is 2.59 bits per heavy atom. The minimum absolute atomic E-state index is 0.226. The van der Waals surface area contributed by atoms with Gasteiger partial charge in [-0.3, -0.25) is 4.72 Å². The fourth-order valence-electron chi connectivity index (χ4n) is 2.23. The molecule has 0 aliphatic carbocycles. The molecule has 5 nitrogen and oxygen atoms in total. The average Bonchev–Trinajstić information content (AvgIpc) is 2.88. The van der Waals surface area contributed by atoms with E-state index in [2.05, 4.69) is 9.44 Å². The van der Waals surface area contributed by atoms with Crippen LogP contribution in [0.25, 0.3) is 11.0 Å². The topological polar surface area (TPSA) is 71.3 Å². The summed E-state index contributed by atoms with van der Waals surface area (Å²) in [6.45, 7) is 2.05. The van der Waals surface area contributed by atoms with Crippen LogP contribution in [0.3, 0.4) is 0 Å². The van der Waals surface area contributed by atoms with Crippen LogP contribution < -0.4 is 9.44 Å². The highest BCUT2D eigenvalue weighted by molar-refractivity contribution is 7.90. The molecular formula is C16H16N2O3S. The fourth-order valence-corrected chi connectivity index (χ4v) is 3.11. The van der Waals surface area contributed by atoms with Gasteiger partial charge in [-0.1, -0.05) is 42.5 Å². The highest BCUT2D eigenvalue weighted by Gasteiger charge is 2.13. The predicted molar refractivity (Wildman–Crippen MR) is 86.8 cm³/mol. The molecule has 0 radical (unpaired) electrons. The van der Waals surface area contributed by atoms with Gasteiger partial charge >= 0.3 is 0 Å². The predicted octanol–water partition coefficient (Wildman–Crippen LogP) is 3.19. The van der Waals surface area contributed by atoms with Gasteiger partial charge in [0.2, 0.25) is 0 Å². The van der Waals surface area contributed by atoms with Crippen LogP contribution in [0.5, 0.6) is 0 Å². The molecule has 114 valence electrons. The van der Waals surface area contributed by atoms with E-state index in [4.69, 9.17) is 4.42 Å². The molecule has 2 N–H and O–H groups in total. The maximum Gasteiger partial charge on any atom is 0.299 e. The third-order valence-corrected chi connectivity index (χ3v) is 4.23. The Morgan fingerprint density at radius 2 is 1.82 bits per heavy atom. The first-order valence-electron chi connectivity index (χ1n) is 6.84. The highest BCUT2D eigenvalue weighted by Crippen LogP contribution is 2.27. The van der Waals surface area contributed by atoms with Crippen molar-refractivity contribution in [2.24, 2.45) is 0 Å². The van der Waals surface area contributed by atoms with Crippen LogP contribution in [0, 0.1) is 6.92 Å². The normalized spacial score (nSPS) is 11.7. The van der Waals surface area contributed by atoms with E-state index in [-0.39, 0.29) is 6.54 Å². The number of hydrogen-bond donors (Lipinski definition) is 2. The second-order valence-electron chi connectivity index (χ2n) is 4.99. The molecule has 1 heterocycles. The average molecular weight is 316 g/mol. The summed E-state index contributed by atoms with van der Waals surface area (Å²) < 4.78 is 34.9. The second-order valence-corrected chi connectivity index (χ2v) is 6.49. The molecule has 0 aliphatic heterocycles. The van der Waals surface area contributed by atoms with E-state index >= 15 is 0 Å². The maximum absolute atomic E-state index is 12.2. The van der Waals surface area contributed by atoms with E-state index in [0.717, 1.165) is 16.7 Å². The smallest absolute Gasteiger partial charge is 0.299 e. The van der Waals surface area contributed by atoms with Gasteiger partial charge in [-0.25, -0.2) is 0 Å². The molecule has 0 amide bonds. The summed E-state index contributed by atoms with van der Waals surface area (Å²) in [4.78, 5) is 0. The Bertz CT molecular complexity index is 886. The Balaban J connectivity index is 1.78. The molecule has 0 unspecified atom stereocenters. The lowest BCUT2D eigenvalue weighted by Gasteiger charge is -2.09. The summed E-state index contributed by atoms with van der Waals surface area (Å²) in [6.07, 6.45) is 0. The zero-order valence-electron chi connectivity index (χ0n) is 12.0. The molecule has 1 aromatic heterocycles. The number of aryl methyl sites for hydroxylation is 1. The molecule has 6 heteroatoms. The first-order valence-corrected chi connectivity index (χ1v) is 8.32. The van der Waals surface area contributed by atoms with Gasteiger partial charge in [-0.05, 0) is 24.6 Å². The van der Waals surface area contributed by atoms with Crippen LogP contribution in [0.1, 0.15) is 11.3 Å². The van der Waals surface area contributed by atoms with Crippen LogP contribution in [-0.2, 0) is 16.8 Å². The first-order chi connectivity index (χ1) is 10.5. The lowest BCUT2D eigenvalue weighted by atomic mass is 10.2. The van der Waals surface area contributed by atoms with Crippen molar-refractivity contribution in [1.82, 2.24) is 4.72 Å². The lowest BCUT2D eigenvalue weighted by molar-refractivity contribution is 0.577. The molecule has 0 spiro atoms. The van der Waals surface area contributed by atoms with Crippen molar-refractivity contribution in [3.05, 3.63) is 65.9 Å². The van der Waals surface area contributed by atoms with Crippen LogP contribution in [-0.4, -0.2) is 8.42 Å². The maximum atomic E-state index is 12.2. The number of benzene rings is 2. The third-order valence-electron chi connectivity index (χ3n) is 3.22. The van der Waals surface area contributed by atoms with Crippen LogP contribution in [0.2, 0.25) is 0 Å². The first kappa shape index (κ1) is 14.6. The molecular weight excluding hydrogens is 300 g/mol. The summed E-state index contributed by atoms with van der Waals surface area (Å²) >= 11 is 0. The van der Waals surface area contributed by atoms with E-state index < -0.39 is 10.2 Å². The number of anilines is 1. The van der Waals surface area contributed by atoms with Crippen LogP contribution >= 0.6 is 0 Å². The fraction of sp³-hybridized carbons (Fsp3) is 0.125. The molecule has 0 bridgehead atoms. The summed E-state index contributed by atoms with van der Waals surface area (Å²) in [7, 11) is -3.68. The van der Waals surface area contributed by atoms with Crippen molar-refractivity contribution in [3.8, 4) is 0 Å². The van der Waals surface area contributed by atoms with Crippen LogP contribution in [0.4, 0.5) is 5.69 Å². The monoisotopic (exact) mass is 316 g/mol. The number of para-hydroxylation sites is 1. The van der Waals surface area contributed by atoms with Gasteiger partial charge in [0, 0.05) is 11.9 Å². The van der Waals surface area contributed by atoms with Gasteiger partial charge in [-0.2, -0.15) is 13.1 Å². The Morgan fingerprint density at radius 1 is 1.05 bits per heavy atom. The van der Waals surface area contributed by atoms with Gasteiger partial charge in [-0.15, -0.1) is 0 Å². The second kappa shape index (κ2) is 5.82. The van der Waals surface area contributed by atoms with Gasteiger partial charge in [0.15, 0.2) is 5.58 Å². The SMILES string of the molecule is Cc1cc2cccc(NS(=O)(=O)NCc3ccccc3)c2o1. The number of nitrogens with one attached hydrogen (secondary N) is 2. The highest BCUT2D eigenvalue weighted by atomic mass is 32.2. The molecule has 0 fully saturated rings. The van der Waals surface area contributed by atoms with Crippen LogP contribution in [0.15, 0.2) is 59.0 Å². The molecule has 3 aromatic rings. The minimum atomic E-state index is -3.68. The van der Waals surface area contributed by atoms with Crippen molar-refractivity contribution >= 4 is 26.9 Å². The molecule has 22 heavy (non-hydrogen) atoms. The summed E-state index contributed by atoms with van der Waals surface area (Å²) in [5.74, 6) is 0.735. The van der Waals surface area contributed by atoms with Crippen molar-refractivity contribution < 1.29 is 12.8 Å². The zero-order valence-corrected chi connectivity index (χ0v) is 12.9. The molecule has 2 aromatic carbocycles. The van der Waals surface area contributed by atoms with E-state index in [0.29, 0.717) is 11.3 Å². The lowest BCUT2D eigenvalue weighted by Crippen LogP contribution is -2.29. The number of furan rings is 1. The number of hydrogen-bond acceptors (Lipinski definition) is 3. The van der Waals surface area contributed by atoms with Gasteiger partial charge in [0.25, 0.3) is 10.2 Å². The summed E-state index contributed by atoms with van der Waals surface area (Å²) in [5, 5.41) is 0.862. The van der Waals surface area contributed by atoms with Gasteiger partial charge < -0.3 is 4.42 Å². The Labute approximate surface area is 129 Å². The van der Waals surface area contributed by atoms with Gasteiger partial charge in [0.05, 0.1) is 5.69 Å². The van der Waals surface area contributed by atoms with Crippen molar-refractivity contribution in [2.45, 2.75) is 13.5 Å². The Kier molecular flexibility index (Phi) is 3.87.